The molecular formula is C5H4B2. The lowest BCUT2D eigenvalue weighted by Crippen LogP contribution is -1.88. The largest absolute Gasteiger partial charge is 0.0751 e. The molecule has 7 heavy (non-hydrogen) atoms. The first-order chi connectivity index (χ1) is 3.24. The Labute approximate surface area is 45.5 Å². The van der Waals surface area contributed by atoms with Gasteiger partial charge in [0.15, 0.2) is 0 Å². The highest BCUT2D eigenvalue weighted by Gasteiger charge is 3.02. The van der Waals surface area contributed by atoms with Crippen molar-refractivity contribution in [3.05, 3.63) is 0 Å². The van der Waals surface area contributed by atoms with Crippen molar-refractivity contribution in [1.29, 1.82) is 0 Å². The fourth-order valence-corrected chi connectivity index (χ4v) is 2.30. The Morgan fingerprint density at radius 1 is 1.57 bits per heavy atom. The van der Waals surface area contributed by atoms with Crippen LogP contribution < -0.4 is 0 Å². The molecule has 2 heteroatoms. The molecule has 2 unspecified atom stereocenters. The molecule has 0 aromatic rings. The third-order valence-electron chi connectivity index (χ3n) is 3.29. The maximum Gasteiger partial charge on any atom is 0.0751 e. The first-order valence-corrected chi connectivity index (χ1v) is 2.79. The predicted molar refractivity (Wildman–Crippen MR) is 28.5 cm³/mol. The Kier molecular flexibility index (Phi) is 0.202. The van der Waals surface area contributed by atoms with Crippen LogP contribution >= 0.6 is 0 Å². The smallest absolute Gasteiger partial charge is 0.0732 e. The fourth-order valence-electron chi connectivity index (χ4n) is 2.30. The Hall–Kier alpha value is 0.130. The van der Waals surface area contributed by atoms with Crippen molar-refractivity contribution in [3.63, 3.8) is 0 Å². The summed E-state index contributed by atoms with van der Waals surface area (Å²) < 4.78 is 0. The van der Waals surface area contributed by atoms with Gasteiger partial charge in [-0.15, -0.1) is 0 Å². The maximum atomic E-state index is 5.74. The van der Waals surface area contributed by atoms with Gasteiger partial charge in [-0.2, -0.15) is 0 Å². The summed E-state index contributed by atoms with van der Waals surface area (Å²) in [6, 6.07) is 0. The Bertz CT molecular complexity index is 157. The average Bonchev–Trinajstić information content (AvgIpc) is 2.49. The Morgan fingerprint density at radius 3 is 2.14 bits per heavy atom. The molecule has 0 amide bonds. The molecule has 0 nitrogen and oxygen atoms in total. The zero-order valence-electron chi connectivity index (χ0n) is 4.02. The molecule has 0 N–H and O–H groups in total. The quantitative estimate of drug-likeness (QED) is 0.372. The lowest BCUT2D eigenvalue weighted by molar-refractivity contribution is 0.853. The first kappa shape index (κ1) is 3.21. The van der Waals surface area contributed by atoms with Crippen molar-refractivity contribution in [2.24, 2.45) is 11.3 Å². The summed E-state index contributed by atoms with van der Waals surface area (Å²) in [5, 5.41) is 0.188. The number of hydrogen-bond donors (Lipinski definition) is 0. The standard InChI is InChI=1S/C5H4B2/c6-3-4-1-2(4)5(3,4)7/h2-3H,1H2/t2?,3-,4?,5-/m1/s1. The minimum Gasteiger partial charge on any atom is -0.0732 e. The summed E-state index contributed by atoms with van der Waals surface area (Å²) in [6.45, 7) is 0. The van der Waals surface area contributed by atoms with Gasteiger partial charge in [-0.25, -0.2) is 0 Å². The van der Waals surface area contributed by atoms with E-state index in [9.17, 15) is 0 Å². The number of fused-ring (bicyclic) bond motifs is 1. The van der Waals surface area contributed by atoms with Gasteiger partial charge in [-0.1, -0.05) is 11.1 Å². The minimum atomic E-state index is 0.188. The van der Waals surface area contributed by atoms with Crippen LogP contribution in [-0.2, 0) is 0 Å². The van der Waals surface area contributed by atoms with E-state index in [1.807, 2.05) is 0 Å². The van der Waals surface area contributed by atoms with Gasteiger partial charge in [-0.05, 0) is 17.8 Å². The second-order valence-corrected chi connectivity index (χ2v) is 3.21. The van der Waals surface area contributed by atoms with Gasteiger partial charge in [-0.3, -0.25) is 0 Å². The first-order valence-electron chi connectivity index (χ1n) is 2.79. The van der Waals surface area contributed by atoms with Crippen molar-refractivity contribution < 1.29 is 0 Å². The molecule has 3 rings (SSSR count). The average molecular weight is 85.7 g/mol. The second-order valence-electron chi connectivity index (χ2n) is 3.21. The van der Waals surface area contributed by atoms with Crippen LogP contribution in [0.2, 0.25) is 11.1 Å². The number of rotatable bonds is 0. The molecule has 0 aromatic carbocycles. The van der Waals surface area contributed by atoms with Gasteiger partial charge < -0.3 is 0 Å². The van der Waals surface area contributed by atoms with E-state index in [4.69, 9.17) is 15.7 Å². The SMILES string of the molecule is [B][C@@H]1C23CC2[C@@]13[B]. The Morgan fingerprint density at radius 2 is 2.14 bits per heavy atom. The zero-order chi connectivity index (χ0) is 4.86. The molecule has 0 aliphatic heterocycles. The molecule has 3 aliphatic carbocycles. The predicted octanol–water partition coefficient (Wildman–Crippen LogP) is 0.304. The van der Waals surface area contributed by atoms with Gasteiger partial charge >= 0.3 is 0 Å². The molecular weight excluding hydrogens is 81.7 g/mol. The summed E-state index contributed by atoms with van der Waals surface area (Å²) in [5.41, 5.74) is 0.535. The molecule has 4 atom stereocenters. The Balaban J connectivity index is 2.17. The van der Waals surface area contributed by atoms with Crippen LogP contribution in [-0.4, -0.2) is 15.7 Å². The summed E-state index contributed by atoms with van der Waals surface area (Å²) in [5.74, 6) is 1.26. The highest BCUT2D eigenvalue weighted by atomic mass is 15.0. The van der Waals surface area contributed by atoms with Gasteiger partial charge in [0.25, 0.3) is 0 Å². The van der Waals surface area contributed by atoms with Gasteiger partial charge in [0.2, 0.25) is 0 Å². The van der Waals surface area contributed by atoms with Gasteiger partial charge in [0.05, 0.1) is 15.7 Å². The van der Waals surface area contributed by atoms with Crippen LogP contribution in [0.1, 0.15) is 6.42 Å². The van der Waals surface area contributed by atoms with Crippen molar-refractivity contribution in [2.45, 2.75) is 17.6 Å². The summed E-state index contributed by atoms with van der Waals surface area (Å²) in [6.07, 6.45) is 1.34. The molecule has 4 radical (unpaired) electrons. The van der Waals surface area contributed by atoms with E-state index in [-0.39, 0.29) is 5.31 Å². The van der Waals surface area contributed by atoms with Crippen molar-refractivity contribution >= 4 is 15.7 Å². The fraction of sp³-hybridized carbons (Fsp3) is 1.00. The van der Waals surface area contributed by atoms with Crippen LogP contribution in [0.3, 0.4) is 0 Å². The summed E-state index contributed by atoms with van der Waals surface area (Å²) in [4.78, 5) is 0. The summed E-state index contributed by atoms with van der Waals surface area (Å²) in [7, 11) is 11.3. The lowest BCUT2D eigenvalue weighted by Gasteiger charge is -1.97. The zero-order valence-corrected chi connectivity index (χ0v) is 4.02. The van der Waals surface area contributed by atoms with Crippen LogP contribution in [0.5, 0.6) is 0 Å². The second kappa shape index (κ2) is 0.441. The number of hydrogen-bond acceptors (Lipinski definition) is 0. The molecule has 30 valence electrons. The van der Waals surface area contributed by atoms with Crippen molar-refractivity contribution in [3.8, 4) is 0 Å². The summed E-state index contributed by atoms with van der Waals surface area (Å²) >= 11 is 0. The van der Waals surface area contributed by atoms with Crippen LogP contribution in [0.4, 0.5) is 0 Å². The van der Waals surface area contributed by atoms with Crippen molar-refractivity contribution in [2.75, 3.05) is 0 Å². The van der Waals surface area contributed by atoms with Crippen LogP contribution in [0.15, 0.2) is 0 Å². The van der Waals surface area contributed by atoms with Gasteiger partial charge in [0, 0.05) is 0 Å². The van der Waals surface area contributed by atoms with Crippen molar-refractivity contribution in [1.82, 2.24) is 0 Å². The highest BCUT2D eigenvalue weighted by Crippen LogP contribution is 3.14. The molecule has 1 spiro atoms. The van der Waals surface area contributed by atoms with E-state index >= 15 is 0 Å². The molecule has 0 bridgehead atoms. The van der Waals surface area contributed by atoms with E-state index < -0.39 is 0 Å². The maximum absolute atomic E-state index is 5.74. The van der Waals surface area contributed by atoms with E-state index in [1.165, 1.54) is 6.42 Å². The molecule has 0 aromatic heterocycles. The lowest BCUT2D eigenvalue weighted by atomic mass is 9.75. The topological polar surface area (TPSA) is 0 Å². The molecule has 0 saturated heterocycles. The minimum absolute atomic E-state index is 0.188. The molecule has 3 fully saturated rings. The monoisotopic (exact) mass is 86.0 g/mol. The van der Waals surface area contributed by atoms with Gasteiger partial charge in [0.1, 0.15) is 0 Å². The third kappa shape index (κ3) is 0.101. The van der Waals surface area contributed by atoms with E-state index in [0.717, 1.165) is 5.92 Å². The molecule has 3 saturated carbocycles. The van der Waals surface area contributed by atoms with Crippen LogP contribution in [0, 0.1) is 11.3 Å². The third-order valence-corrected chi connectivity index (χ3v) is 3.29. The molecule has 0 heterocycles. The van der Waals surface area contributed by atoms with Crippen LogP contribution in [0.25, 0.3) is 0 Å². The highest BCUT2D eigenvalue weighted by molar-refractivity contribution is 6.36. The van der Waals surface area contributed by atoms with E-state index in [1.54, 1.807) is 0 Å². The van der Waals surface area contributed by atoms with E-state index in [2.05, 4.69) is 0 Å². The normalized spacial score (nSPS) is 89.7. The molecule has 3 aliphatic rings. The van der Waals surface area contributed by atoms with E-state index in [0.29, 0.717) is 11.2 Å².